The van der Waals surface area contributed by atoms with E-state index in [0.717, 1.165) is 40.1 Å². The summed E-state index contributed by atoms with van der Waals surface area (Å²) in [5, 5.41) is 18.6. The molecule has 3 aliphatic rings. The Morgan fingerprint density at radius 2 is 2.16 bits per heavy atom. The fraction of sp³-hybridized carbons (Fsp3) is 0.417. The van der Waals surface area contributed by atoms with E-state index in [4.69, 9.17) is 9.84 Å². The second-order valence-corrected chi connectivity index (χ2v) is 9.88. The van der Waals surface area contributed by atoms with Crippen LogP contribution in [0.5, 0.6) is 0 Å². The number of carbonyl (C=O) groups is 1. The van der Waals surface area contributed by atoms with Gasteiger partial charge in [-0.2, -0.15) is 0 Å². The van der Waals surface area contributed by atoms with Crippen LogP contribution in [-0.4, -0.2) is 51.4 Å². The third kappa shape index (κ3) is 3.36. The second kappa shape index (κ2) is 7.67. The average molecular weight is 439 g/mol. The van der Waals surface area contributed by atoms with Gasteiger partial charge in [-0.1, -0.05) is 38.2 Å². The molecule has 3 atom stereocenters. The zero-order valence-corrected chi connectivity index (χ0v) is 18.4. The highest BCUT2D eigenvalue weighted by Crippen LogP contribution is 2.48. The van der Waals surface area contributed by atoms with E-state index < -0.39 is 6.10 Å². The van der Waals surface area contributed by atoms with Crippen molar-refractivity contribution in [3.8, 4) is 0 Å². The van der Waals surface area contributed by atoms with Crippen LogP contribution < -0.4 is 0 Å². The quantitative estimate of drug-likeness (QED) is 0.666. The van der Waals surface area contributed by atoms with Gasteiger partial charge >= 0.3 is 0 Å². The molecule has 2 aromatic heterocycles. The predicted molar refractivity (Wildman–Crippen MR) is 119 cm³/mol. The number of rotatable bonds is 5. The summed E-state index contributed by atoms with van der Waals surface area (Å²) in [7, 11) is 0. The summed E-state index contributed by atoms with van der Waals surface area (Å²) in [6, 6.07) is 0. The minimum Gasteiger partial charge on any atom is -0.394 e. The number of nitrogens with one attached hydrogen (secondary N) is 1. The van der Waals surface area contributed by atoms with Crippen molar-refractivity contribution in [3.63, 3.8) is 0 Å². The summed E-state index contributed by atoms with van der Waals surface area (Å²) >= 11 is 1.66. The molecule has 0 saturated heterocycles. The van der Waals surface area contributed by atoms with Crippen molar-refractivity contribution in [1.82, 2.24) is 9.97 Å². The topological polar surface area (TPSA) is 95.4 Å². The molecule has 0 amide bonds. The van der Waals surface area contributed by atoms with Gasteiger partial charge in [0.2, 0.25) is 0 Å². The molecule has 0 spiro atoms. The van der Waals surface area contributed by atoms with E-state index in [1.54, 1.807) is 11.3 Å². The number of fused-ring (bicyclic) bond motifs is 3. The van der Waals surface area contributed by atoms with Crippen molar-refractivity contribution in [1.29, 1.82) is 0 Å². The molecule has 0 radical (unpaired) electrons. The molecule has 0 saturated carbocycles. The molecule has 162 valence electrons. The van der Waals surface area contributed by atoms with Crippen LogP contribution in [0.15, 0.2) is 41.1 Å². The molecule has 7 heteroatoms. The van der Waals surface area contributed by atoms with Gasteiger partial charge in [0, 0.05) is 51.4 Å². The molecule has 5 rings (SSSR count). The number of hydrogen-bond acceptors (Lipinski definition) is 6. The Hall–Kier alpha value is -2.32. The molecule has 2 aromatic rings. The first-order chi connectivity index (χ1) is 14.9. The third-order valence-electron chi connectivity index (χ3n) is 6.63. The van der Waals surface area contributed by atoms with Crippen molar-refractivity contribution < 1.29 is 19.7 Å². The lowest BCUT2D eigenvalue weighted by Gasteiger charge is -2.37. The smallest absolute Gasteiger partial charge is 0.195 e. The number of hydrogen-bond donors (Lipinski definition) is 3. The summed E-state index contributed by atoms with van der Waals surface area (Å²) in [5.74, 6) is 0.337. The maximum absolute atomic E-state index is 13.5. The van der Waals surface area contributed by atoms with Crippen molar-refractivity contribution in [2.75, 3.05) is 13.2 Å². The summed E-state index contributed by atoms with van der Waals surface area (Å²) in [6.07, 6.45) is 10.2. The molecule has 2 unspecified atom stereocenters. The van der Waals surface area contributed by atoms with E-state index >= 15 is 0 Å². The normalized spacial score (nSPS) is 24.7. The Morgan fingerprint density at radius 3 is 2.90 bits per heavy atom. The minimum absolute atomic E-state index is 0.0628. The van der Waals surface area contributed by atoms with Crippen molar-refractivity contribution >= 4 is 23.2 Å². The Balaban J connectivity index is 1.46. The first kappa shape index (κ1) is 20.6. The van der Waals surface area contributed by atoms with Crippen LogP contribution in [0, 0.1) is 0 Å². The number of aliphatic hydroxyl groups is 2. The maximum atomic E-state index is 13.5. The molecule has 0 aliphatic heterocycles. The molecule has 3 N–H and O–H groups in total. The van der Waals surface area contributed by atoms with E-state index in [1.165, 1.54) is 4.88 Å². The van der Waals surface area contributed by atoms with Crippen LogP contribution in [0.1, 0.15) is 58.4 Å². The third-order valence-corrected chi connectivity index (χ3v) is 7.54. The predicted octanol–water partition coefficient (Wildman–Crippen LogP) is 3.29. The second-order valence-electron chi connectivity index (χ2n) is 8.96. The lowest BCUT2D eigenvalue weighted by atomic mass is 9.67. The number of aliphatic hydroxyl groups excluding tert-OH is 2. The first-order valence-electron chi connectivity index (χ1n) is 10.6. The summed E-state index contributed by atoms with van der Waals surface area (Å²) in [5.41, 5.74) is 7.20. The number of carbonyl (C=O) groups excluding carboxylic acids is 1. The van der Waals surface area contributed by atoms with Crippen LogP contribution in [0.25, 0.3) is 6.08 Å². The molecular formula is C24H26N2O4S. The van der Waals surface area contributed by atoms with Crippen LogP contribution in [-0.2, 0) is 16.6 Å². The summed E-state index contributed by atoms with van der Waals surface area (Å²) in [4.78, 5) is 22.6. The fourth-order valence-electron chi connectivity index (χ4n) is 4.90. The zero-order chi connectivity index (χ0) is 21.8. The number of H-pyrrole nitrogens is 1. The standard InChI is InChI=1S/C24H26N2O4S/c1-24(2)18-8-15(30-11-14(28)10-27)4-6-16(18)22(29)21-17-5-3-13(20-9-25-12-31-20)7-19(17)26-23(21)24/h3-6,9,12-15,26-28H,7-8,10-11H2,1-2H3/t13?,14-,15?/m1/s1. The van der Waals surface area contributed by atoms with Crippen LogP contribution >= 0.6 is 11.3 Å². The van der Waals surface area contributed by atoms with Crippen molar-refractivity contribution in [2.45, 2.75) is 50.2 Å². The van der Waals surface area contributed by atoms with Gasteiger partial charge in [-0.3, -0.25) is 9.78 Å². The number of Topliss-reactive ketones (excluding diaryl/α,β-unsaturated/α-hetero) is 1. The van der Waals surface area contributed by atoms with E-state index in [1.807, 2.05) is 23.9 Å². The Bertz CT molecular complexity index is 1110. The van der Waals surface area contributed by atoms with Crippen LogP contribution in [0.4, 0.5) is 0 Å². The van der Waals surface area contributed by atoms with E-state index in [0.29, 0.717) is 6.42 Å². The highest BCUT2D eigenvalue weighted by atomic mass is 32.1. The fourth-order valence-corrected chi connectivity index (χ4v) is 5.60. The van der Waals surface area contributed by atoms with Crippen molar-refractivity contribution in [3.05, 3.63) is 68.5 Å². The Morgan fingerprint density at radius 1 is 1.32 bits per heavy atom. The average Bonchev–Trinajstić information content (AvgIpc) is 3.44. The van der Waals surface area contributed by atoms with E-state index in [-0.39, 0.29) is 36.4 Å². The van der Waals surface area contributed by atoms with Gasteiger partial charge in [0.15, 0.2) is 5.78 Å². The van der Waals surface area contributed by atoms with Crippen molar-refractivity contribution in [2.24, 2.45) is 0 Å². The lowest BCUT2D eigenvalue weighted by molar-refractivity contribution is -0.0146. The number of aromatic amines is 1. The summed E-state index contributed by atoms with van der Waals surface area (Å²) in [6.45, 7) is 4.04. The number of nitrogens with zero attached hydrogens (tertiary/aromatic N) is 1. The molecular weight excluding hydrogens is 412 g/mol. The monoisotopic (exact) mass is 438 g/mol. The van der Waals surface area contributed by atoms with Gasteiger partial charge in [-0.05, 0) is 12.0 Å². The Labute approximate surface area is 185 Å². The number of aromatic nitrogens is 2. The molecule has 31 heavy (non-hydrogen) atoms. The molecule has 0 aromatic carbocycles. The first-order valence-corrected chi connectivity index (χ1v) is 11.5. The SMILES string of the molecule is CC1(C)C2=C(C=CC(OC[C@H](O)CO)C2)C(=O)c2c1[nH]c1c2C=CC(c2cncs2)C1. The number of ether oxygens (including phenoxy) is 1. The van der Waals surface area contributed by atoms with E-state index in [2.05, 4.69) is 36.0 Å². The number of allylic oxidation sites excluding steroid dienone is 3. The highest BCUT2D eigenvalue weighted by molar-refractivity contribution is 7.09. The van der Waals surface area contributed by atoms with Crippen LogP contribution in [0.3, 0.4) is 0 Å². The van der Waals surface area contributed by atoms with Gasteiger partial charge in [-0.25, -0.2) is 0 Å². The van der Waals surface area contributed by atoms with Gasteiger partial charge in [0.25, 0.3) is 0 Å². The van der Waals surface area contributed by atoms with Crippen LogP contribution in [0.2, 0.25) is 0 Å². The largest absolute Gasteiger partial charge is 0.394 e. The Kier molecular flexibility index (Phi) is 5.09. The molecule has 6 nitrogen and oxygen atoms in total. The molecule has 0 bridgehead atoms. The summed E-state index contributed by atoms with van der Waals surface area (Å²) < 4.78 is 5.77. The van der Waals surface area contributed by atoms with Gasteiger partial charge in [0.1, 0.15) is 6.10 Å². The lowest BCUT2D eigenvalue weighted by Crippen LogP contribution is -2.35. The molecule has 2 heterocycles. The zero-order valence-electron chi connectivity index (χ0n) is 17.6. The maximum Gasteiger partial charge on any atom is 0.195 e. The molecule has 3 aliphatic carbocycles. The van der Waals surface area contributed by atoms with Gasteiger partial charge < -0.3 is 19.9 Å². The number of thiazole rings is 1. The number of ketones is 1. The van der Waals surface area contributed by atoms with Gasteiger partial charge in [-0.15, -0.1) is 11.3 Å². The van der Waals surface area contributed by atoms with E-state index in [9.17, 15) is 9.90 Å². The minimum atomic E-state index is -0.898. The van der Waals surface area contributed by atoms with Gasteiger partial charge in [0.05, 0.1) is 30.4 Å². The molecule has 0 fully saturated rings. The highest BCUT2D eigenvalue weighted by Gasteiger charge is 2.43.